The second-order valence-electron chi connectivity index (χ2n) is 7.66. The van der Waals surface area contributed by atoms with E-state index in [1.165, 1.54) is 5.56 Å². The lowest BCUT2D eigenvalue weighted by Gasteiger charge is -2.39. The average Bonchev–Trinajstić information content (AvgIpc) is 3.13. The number of aryl methyl sites for hydroxylation is 1. The number of carbonyl (C=O) groups is 1. The van der Waals surface area contributed by atoms with Crippen molar-refractivity contribution in [3.8, 4) is 0 Å². The Kier molecular flexibility index (Phi) is 5.90. The Balaban J connectivity index is 1.40. The fourth-order valence-corrected chi connectivity index (χ4v) is 4.49. The maximum absolute atomic E-state index is 12.9. The van der Waals surface area contributed by atoms with Crippen LogP contribution in [0.2, 0.25) is 5.02 Å². The third kappa shape index (κ3) is 4.17. The van der Waals surface area contributed by atoms with Crippen LogP contribution in [0, 0.1) is 6.92 Å². The highest BCUT2D eigenvalue weighted by molar-refractivity contribution is 6.30. The zero-order chi connectivity index (χ0) is 20.4. The molecule has 0 radical (unpaired) electrons. The van der Waals surface area contributed by atoms with Gasteiger partial charge in [0.1, 0.15) is 0 Å². The number of halogens is 1. The van der Waals surface area contributed by atoms with Gasteiger partial charge in [-0.2, -0.15) is 0 Å². The summed E-state index contributed by atoms with van der Waals surface area (Å²) >= 11 is 6.11. The van der Waals surface area contributed by atoms with Crippen molar-refractivity contribution in [2.75, 3.05) is 32.8 Å². The summed E-state index contributed by atoms with van der Waals surface area (Å²) in [6, 6.07) is 13.7. The second kappa shape index (κ2) is 8.57. The van der Waals surface area contributed by atoms with E-state index >= 15 is 0 Å². The molecule has 3 aromatic rings. The van der Waals surface area contributed by atoms with Gasteiger partial charge in [0.2, 0.25) is 5.91 Å². The van der Waals surface area contributed by atoms with Gasteiger partial charge in [0.05, 0.1) is 19.1 Å². The Labute approximate surface area is 175 Å². The van der Waals surface area contributed by atoms with Crippen molar-refractivity contribution >= 4 is 28.4 Å². The van der Waals surface area contributed by atoms with Gasteiger partial charge >= 0.3 is 0 Å². The Bertz CT molecular complexity index is 1010. The van der Waals surface area contributed by atoms with Crippen molar-refractivity contribution in [2.24, 2.45) is 0 Å². The maximum Gasteiger partial charge on any atom is 0.227 e. The molecule has 2 heterocycles. The highest BCUT2D eigenvalue weighted by Crippen LogP contribution is 2.26. The predicted octanol–water partition coefficient (Wildman–Crippen LogP) is 3.55. The zero-order valence-electron chi connectivity index (χ0n) is 16.6. The Morgan fingerprint density at radius 2 is 1.93 bits per heavy atom. The third-order valence-electron chi connectivity index (χ3n) is 5.85. The standard InChI is InChI=1S/C23H26ClN3O2/c1-16-4-2-7-20-23(16)18(14-25-20)13-22(29)27-10-8-26(9-11-27)21(15-28)17-5-3-6-19(24)12-17/h2-7,12,14,21,25,28H,8-11,13,15H2,1H3. The number of fused-ring (bicyclic) bond motifs is 1. The monoisotopic (exact) mass is 411 g/mol. The molecular weight excluding hydrogens is 386 g/mol. The summed E-state index contributed by atoms with van der Waals surface area (Å²) in [6.07, 6.45) is 2.36. The van der Waals surface area contributed by atoms with E-state index in [9.17, 15) is 9.90 Å². The molecule has 0 spiro atoms. The molecule has 6 heteroatoms. The van der Waals surface area contributed by atoms with Crippen LogP contribution in [0.1, 0.15) is 22.7 Å². The van der Waals surface area contributed by atoms with Crippen LogP contribution in [0.25, 0.3) is 10.9 Å². The number of hydrogen-bond acceptors (Lipinski definition) is 3. The topological polar surface area (TPSA) is 59.6 Å². The Hall–Kier alpha value is -2.34. The molecule has 1 amide bonds. The molecule has 5 nitrogen and oxygen atoms in total. The summed E-state index contributed by atoms with van der Waals surface area (Å²) < 4.78 is 0. The number of amides is 1. The third-order valence-corrected chi connectivity index (χ3v) is 6.09. The number of nitrogens with one attached hydrogen (secondary N) is 1. The van der Waals surface area contributed by atoms with Crippen LogP contribution in [-0.2, 0) is 11.2 Å². The first kappa shape index (κ1) is 20.0. The van der Waals surface area contributed by atoms with E-state index in [-0.39, 0.29) is 18.6 Å². The number of carbonyl (C=O) groups excluding carboxylic acids is 1. The first-order valence-electron chi connectivity index (χ1n) is 10.0. The molecule has 1 aromatic heterocycles. The van der Waals surface area contributed by atoms with Crippen molar-refractivity contribution in [2.45, 2.75) is 19.4 Å². The fraction of sp³-hybridized carbons (Fsp3) is 0.348. The van der Waals surface area contributed by atoms with Crippen molar-refractivity contribution in [3.05, 3.63) is 70.4 Å². The van der Waals surface area contributed by atoms with Crippen LogP contribution in [-0.4, -0.2) is 58.6 Å². The van der Waals surface area contributed by atoms with E-state index in [0.717, 1.165) is 35.1 Å². The summed E-state index contributed by atoms with van der Waals surface area (Å²) in [5, 5.41) is 11.8. The SMILES string of the molecule is Cc1cccc2[nH]cc(CC(=O)N3CCN(C(CO)c4cccc(Cl)c4)CC3)c12. The molecule has 2 aromatic carbocycles. The van der Waals surface area contributed by atoms with Crippen LogP contribution in [0.4, 0.5) is 0 Å². The molecule has 0 saturated carbocycles. The quantitative estimate of drug-likeness (QED) is 0.675. The van der Waals surface area contributed by atoms with Gasteiger partial charge in [0.15, 0.2) is 0 Å². The molecule has 0 aliphatic carbocycles. The molecule has 1 aliphatic heterocycles. The lowest BCUT2D eigenvalue weighted by molar-refractivity contribution is -0.132. The van der Waals surface area contributed by atoms with Crippen molar-refractivity contribution in [1.29, 1.82) is 0 Å². The first-order valence-corrected chi connectivity index (χ1v) is 10.4. The van der Waals surface area contributed by atoms with Gasteiger partial charge in [-0.1, -0.05) is 35.9 Å². The second-order valence-corrected chi connectivity index (χ2v) is 8.09. The van der Waals surface area contributed by atoms with E-state index in [4.69, 9.17) is 11.6 Å². The van der Waals surface area contributed by atoms with Crippen molar-refractivity contribution in [1.82, 2.24) is 14.8 Å². The Morgan fingerprint density at radius 3 is 2.66 bits per heavy atom. The minimum Gasteiger partial charge on any atom is -0.394 e. The molecule has 4 rings (SSSR count). The number of H-pyrrole nitrogens is 1. The maximum atomic E-state index is 12.9. The van der Waals surface area contributed by atoms with Crippen LogP contribution >= 0.6 is 11.6 Å². The normalized spacial score (nSPS) is 16.3. The molecule has 1 unspecified atom stereocenters. The fourth-order valence-electron chi connectivity index (χ4n) is 4.29. The van der Waals surface area contributed by atoms with Crippen LogP contribution in [0.15, 0.2) is 48.7 Å². The number of aromatic amines is 1. The number of piperazine rings is 1. The number of benzene rings is 2. The average molecular weight is 412 g/mol. The molecule has 152 valence electrons. The molecule has 2 N–H and O–H groups in total. The largest absolute Gasteiger partial charge is 0.394 e. The Morgan fingerprint density at radius 1 is 1.17 bits per heavy atom. The number of nitrogens with zero attached hydrogens (tertiary/aromatic N) is 2. The molecular formula is C23H26ClN3O2. The summed E-state index contributed by atoms with van der Waals surface area (Å²) in [5.74, 6) is 0.150. The van der Waals surface area contributed by atoms with Crippen molar-refractivity contribution < 1.29 is 9.90 Å². The number of rotatable bonds is 5. The number of aliphatic hydroxyl groups is 1. The number of aliphatic hydroxyl groups excluding tert-OH is 1. The highest BCUT2D eigenvalue weighted by atomic mass is 35.5. The molecule has 1 saturated heterocycles. The molecule has 1 atom stereocenters. The van der Waals surface area contributed by atoms with Crippen molar-refractivity contribution in [3.63, 3.8) is 0 Å². The van der Waals surface area contributed by atoms with Crippen LogP contribution in [0.5, 0.6) is 0 Å². The molecule has 1 fully saturated rings. The summed E-state index contributed by atoms with van der Waals surface area (Å²) in [7, 11) is 0. The number of hydrogen-bond donors (Lipinski definition) is 2. The smallest absolute Gasteiger partial charge is 0.227 e. The molecule has 29 heavy (non-hydrogen) atoms. The van der Waals surface area contributed by atoms with E-state index in [1.807, 2.05) is 47.5 Å². The summed E-state index contributed by atoms with van der Waals surface area (Å²) in [6.45, 7) is 4.90. The lowest BCUT2D eigenvalue weighted by atomic mass is 10.0. The highest BCUT2D eigenvalue weighted by Gasteiger charge is 2.27. The van der Waals surface area contributed by atoms with Gasteiger partial charge in [-0.15, -0.1) is 0 Å². The summed E-state index contributed by atoms with van der Waals surface area (Å²) in [4.78, 5) is 20.3. The van der Waals surface area contributed by atoms with Gasteiger partial charge in [-0.3, -0.25) is 9.69 Å². The van der Waals surface area contributed by atoms with Gasteiger partial charge in [0, 0.05) is 48.3 Å². The van der Waals surface area contributed by atoms with E-state index in [2.05, 4.69) is 22.9 Å². The van der Waals surface area contributed by atoms with Gasteiger partial charge in [-0.05, 0) is 41.8 Å². The predicted molar refractivity (Wildman–Crippen MR) is 116 cm³/mol. The van der Waals surface area contributed by atoms with E-state index in [1.54, 1.807) is 0 Å². The summed E-state index contributed by atoms with van der Waals surface area (Å²) in [5.41, 5.74) is 4.32. The van der Waals surface area contributed by atoms with Crippen LogP contribution < -0.4 is 0 Å². The molecule has 1 aliphatic rings. The van der Waals surface area contributed by atoms with Crippen LogP contribution in [0.3, 0.4) is 0 Å². The van der Waals surface area contributed by atoms with Gasteiger partial charge < -0.3 is 15.0 Å². The van der Waals surface area contributed by atoms with Gasteiger partial charge in [0.25, 0.3) is 0 Å². The van der Waals surface area contributed by atoms with E-state index in [0.29, 0.717) is 24.5 Å². The minimum atomic E-state index is -0.0952. The lowest BCUT2D eigenvalue weighted by Crippen LogP contribution is -2.50. The number of aromatic nitrogens is 1. The minimum absolute atomic E-state index is 0.0307. The van der Waals surface area contributed by atoms with E-state index < -0.39 is 0 Å². The van der Waals surface area contributed by atoms with Gasteiger partial charge in [-0.25, -0.2) is 0 Å². The zero-order valence-corrected chi connectivity index (χ0v) is 17.3. The first-order chi connectivity index (χ1) is 14.1. The molecule has 0 bridgehead atoms.